The zero-order chi connectivity index (χ0) is 12.7. The third kappa shape index (κ3) is 5.99. The summed E-state index contributed by atoms with van der Waals surface area (Å²) < 4.78 is 27.2. The number of carbonyl (C=O) groups excluding carboxylic acids is 1. The van der Waals surface area contributed by atoms with E-state index in [1.165, 1.54) is 0 Å². The highest BCUT2D eigenvalue weighted by Gasteiger charge is 2.23. The molecule has 0 aromatic carbocycles. The summed E-state index contributed by atoms with van der Waals surface area (Å²) in [6, 6.07) is 0.131. The molecule has 0 spiro atoms. The average Bonchev–Trinajstić information content (AvgIpc) is 2.28. The molecule has 1 saturated heterocycles. The van der Waals surface area contributed by atoms with Crippen LogP contribution in [0.25, 0.3) is 0 Å². The minimum absolute atomic E-state index is 0.0875. The Bertz CT molecular complexity index is 328. The summed E-state index contributed by atoms with van der Waals surface area (Å²) in [5.41, 5.74) is 0. The summed E-state index contributed by atoms with van der Waals surface area (Å²) >= 11 is 0. The molecule has 0 aliphatic carbocycles. The molecule has 7 heteroatoms. The minimum atomic E-state index is -2.83. The van der Waals surface area contributed by atoms with E-state index >= 15 is 0 Å². The molecule has 0 bridgehead atoms. The van der Waals surface area contributed by atoms with E-state index in [0.717, 1.165) is 0 Å². The Balaban J connectivity index is 2.13. The minimum Gasteiger partial charge on any atom is -0.383 e. The van der Waals surface area contributed by atoms with Crippen molar-refractivity contribution in [2.75, 3.05) is 38.3 Å². The van der Waals surface area contributed by atoms with Gasteiger partial charge in [-0.2, -0.15) is 0 Å². The molecule has 0 aromatic rings. The fourth-order valence-corrected chi connectivity index (χ4v) is 3.18. The van der Waals surface area contributed by atoms with Gasteiger partial charge in [-0.15, -0.1) is 0 Å². The van der Waals surface area contributed by atoms with Crippen molar-refractivity contribution in [1.82, 2.24) is 10.6 Å². The second-order valence-corrected chi connectivity index (χ2v) is 6.45. The first-order valence-corrected chi connectivity index (χ1v) is 7.55. The number of amides is 1. The lowest BCUT2D eigenvalue weighted by atomic mass is 10.1. The fraction of sp³-hybridized carbons (Fsp3) is 0.900. The van der Waals surface area contributed by atoms with Crippen molar-refractivity contribution >= 4 is 15.7 Å². The van der Waals surface area contributed by atoms with Crippen LogP contribution in [-0.4, -0.2) is 58.7 Å². The molecule has 0 aromatic heterocycles. The molecule has 1 heterocycles. The highest BCUT2D eigenvalue weighted by molar-refractivity contribution is 7.91. The van der Waals surface area contributed by atoms with Gasteiger partial charge in [0.2, 0.25) is 5.91 Å². The van der Waals surface area contributed by atoms with E-state index in [9.17, 15) is 13.2 Å². The Labute approximate surface area is 102 Å². The van der Waals surface area contributed by atoms with Gasteiger partial charge in [-0.05, 0) is 12.8 Å². The molecular formula is C10H20N2O4S. The van der Waals surface area contributed by atoms with Gasteiger partial charge in [0.15, 0.2) is 0 Å². The van der Waals surface area contributed by atoms with Crippen molar-refractivity contribution in [2.24, 2.45) is 0 Å². The highest BCUT2D eigenvalue weighted by atomic mass is 32.2. The van der Waals surface area contributed by atoms with Crippen LogP contribution >= 0.6 is 0 Å². The molecule has 1 fully saturated rings. The summed E-state index contributed by atoms with van der Waals surface area (Å²) in [5.74, 6) is 0.349. The van der Waals surface area contributed by atoms with E-state index in [2.05, 4.69) is 10.6 Å². The summed E-state index contributed by atoms with van der Waals surface area (Å²) in [6.07, 6.45) is 1.18. The van der Waals surface area contributed by atoms with Crippen LogP contribution in [0, 0.1) is 0 Å². The smallest absolute Gasteiger partial charge is 0.234 e. The average molecular weight is 264 g/mol. The maximum Gasteiger partial charge on any atom is 0.234 e. The number of hydrogen-bond donors (Lipinski definition) is 2. The third-order valence-corrected chi connectivity index (χ3v) is 4.45. The lowest BCUT2D eigenvalue weighted by Gasteiger charge is -2.22. The quantitative estimate of drug-likeness (QED) is 0.596. The van der Waals surface area contributed by atoms with Gasteiger partial charge in [-0.1, -0.05) is 0 Å². The molecule has 100 valence electrons. The van der Waals surface area contributed by atoms with Gasteiger partial charge in [-0.25, -0.2) is 8.42 Å². The Kier molecular flexibility index (Phi) is 5.87. The van der Waals surface area contributed by atoms with Crippen LogP contribution in [0.15, 0.2) is 0 Å². The zero-order valence-corrected chi connectivity index (χ0v) is 10.9. The maximum absolute atomic E-state index is 11.3. The Morgan fingerprint density at radius 2 is 2.00 bits per heavy atom. The highest BCUT2D eigenvalue weighted by Crippen LogP contribution is 2.11. The summed E-state index contributed by atoms with van der Waals surface area (Å²) in [7, 11) is -1.25. The van der Waals surface area contributed by atoms with E-state index in [1.54, 1.807) is 7.11 Å². The third-order valence-electron chi connectivity index (χ3n) is 2.73. The predicted octanol–water partition coefficient (Wildman–Crippen LogP) is -1.08. The van der Waals surface area contributed by atoms with Gasteiger partial charge in [0.25, 0.3) is 0 Å². The number of ether oxygens (including phenoxy) is 1. The number of hydrogen-bond acceptors (Lipinski definition) is 5. The van der Waals surface area contributed by atoms with Crippen LogP contribution in [0.1, 0.15) is 12.8 Å². The van der Waals surface area contributed by atoms with Gasteiger partial charge in [0.05, 0.1) is 24.7 Å². The second kappa shape index (κ2) is 6.93. The SMILES string of the molecule is COCCNC(=O)CNC1CCS(=O)(=O)CC1. The van der Waals surface area contributed by atoms with E-state index in [4.69, 9.17) is 4.74 Å². The van der Waals surface area contributed by atoms with Crippen molar-refractivity contribution < 1.29 is 17.9 Å². The van der Waals surface area contributed by atoms with Gasteiger partial charge in [0.1, 0.15) is 9.84 Å². The predicted molar refractivity (Wildman–Crippen MR) is 64.6 cm³/mol. The molecule has 0 saturated carbocycles. The van der Waals surface area contributed by atoms with Crippen molar-refractivity contribution in [3.63, 3.8) is 0 Å². The topological polar surface area (TPSA) is 84.5 Å². The molecule has 0 unspecified atom stereocenters. The van der Waals surface area contributed by atoms with Gasteiger partial charge in [0, 0.05) is 19.7 Å². The van der Waals surface area contributed by atoms with Gasteiger partial charge >= 0.3 is 0 Å². The molecule has 0 atom stereocenters. The molecule has 1 aliphatic heterocycles. The van der Waals surface area contributed by atoms with Crippen LogP contribution in [0.5, 0.6) is 0 Å². The maximum atomic E-state index is 11.3. The van der Waals surface area contributed by atoms with E-state index in [0.29, 0.717) is 26.0 Å². The number of rotatable bonds is 6. The number of carbonyl (C=O) groups is 1. The van der Waals surface area contributed by atoms with Gasteiger partial charge < -0.3 is 15.4 Å². The van der Waals surface area contributed by atoms with Crippen LogP contribution in [-0.2, 0) is 19.4 Å². The molecule has 2 N–H and O–H groups in total. The zero-order valence-electron chi connectivity index (χ0n) is 10.1. The first kappa shape index (κ1) is 14.4. The molecule has 0 radical (unpaired) electrons. The van der Waals surface area contributed by atoms with Crippen molar-refractivity contribution in [2.45, 2.75) is 18.9 Å². The van der Waals surface area contributed by atoms with E-state index in [-0.39, 0.29) is 30.0 Å². The number of nitrogens with one attached hydrogen (secondary N) is 2. The molecule has 6 nitrogen and oxygen atoms in total. The van der Waals surface area contributed by atoms with Crippen LogP contribution in [0.4, 0.5) is 0 Å². The molecule has 1 rings (SSSR count). The van der Waals surface area contributed by atoms with Crippen LogP contribution in [0.3, 0.4) is 0 Å². The van der Waals surface area contributed by atoms with Crippen molar-refractivity contribution in [3.05, 3.63) is 0 Å². The molecule has 1 amide bonds. The molecular weight excluding hydrogens is 244 g/mol. The summed E-state index contributed by atoms with van der Waals surface area (Å²) in [6.45, 7) is 1.22. The number of sulfone groups is 1. The fourth-order valence-electron chi connectivity index (χ4n) is 1.69. The first-order chi connectivity index (χ1) is 8.03. The van der Waals surface area contributed by atoms with Crippen LogP contribution in [0.2, 0.25) is 0 Å². The van der Waals surface area contributed by atoms with Gasteiger partial charge in [-0.3, -0.25) is 4.79 Å². The molecule has 1 aliphatic rings. The lowest BCUT2D eigenvalue weighted by Crippen LogP contribution is -2.43. The van der Waals surface area contributed by atoms with Crippen LogP contribution < -0.4 is 10.6 Å². The molecule has 17 heavy (non-hydrogen) atoms. The second-order valence-electron chi connectivity index (χ2n) is 4.15. The summed E-state index contributed by atoms with van der Waals surface area (Å²) in [4.78, 5) is 11.3. The monoisotopic (exact) mass is 264 g/mol. The van der Waals surface area contributed by atoms with Crippen molar-refractivity contribution in [1.29, 1.82) is 0 Å². The Morgan fingerprint density at radius 3 is 2.59 bits per heavy atom. The van der Waals surface area contributed by atoms with Crippen molar-refractivity contribution in [3.8, 4) is 0 Å². The van der Waals surface area contributed by atoms with E-state index in [1.807, 2.05) is 0 Å². The Hall–Kier alpha value is -0.660. The first-order valence-electron chi connectivity index (χ1n) is 5.73. The standard InChI is InChI=1S/C10H20N2O4S/c1-16-5-4-11-10(13)8-12-9-2-6-17(14,15)7-3-9/h9,12H,2-8H2,1H3,(H,11,13). The van der Waals surface area contributed by atoms with E-state index < -0.39 is 9.84 Å². The normalized spacial score (nSPS) is 20.1. The number of methoxy groups -OCH3 is 1. The summed E-state index contributed by atoms with van der Waals surface area (Å²) in [5, 5.41) is 5.76. The lowest BCUT2D eigenvalue weighted by molar-refractivity contribution is -0.120. The largest absolute Gasteiger partial charge is 0.383 e. The Morgan fingerprint density at radius 1 is 1.35 bits per heavy atom.